The highest BCUT2D eigenvalue weighted by atomic mass is 35.5. The fourth-order valence-electron chi connectivity index (χ4n) is 3.35. The van der Waals surface area contributed by atoms with Gasteiger partial charge < -0.3 is 19.9 Å². The molecule has 1 aliphatic heterocycles. The zero-order valence-corrected chi connectivity index (χ0v) is 14.3. The molecule has 3 rings (SSSR count). The number of amides is 1. The predicted molar refractivity (Wildman–Crippen MR) is 86.4 cm³/mol. The van der Waals surface area contributed by atoms with E-state index in [1.165, 1.54) is 6.42 Å². The third-order valence-corrected chi connectivity index (χ3v) is 4.47. The third-order valence-electron chi connectivity index (χ3n) is 4.47. The summed E-state index contributed by atoms with van der Waals surface area (Å²) in [5.41, 5.74) is -0.470. The molecule has 1 aliphatic carbocycles. The number of hydrogen-bond donors (Lipinski definition) is 2. The molecule has 0 spiro atoms. The highest BCUT2D eigenvalue weighted by molar-refractivity contribution is 5.85. The van der Waals surface area contributed by atoms with Crippen molar-refractivity contribution in [2.75, 3.05) is 19.8 Å². The molecule has 1 saturated carbocycles. The van der Waals surface area contributed by atoms with Crippen LogP contribution >= 0.6 is 12.4 Å². The quantitative estimate of drug-likeness (QED) is 0.859. The molecule has 0 radical (unpaired) electrons. The van der Waals surface area contributed by atoms with Crippen LogP contribution in [0.15, 0.2) is 4.52 Å². The van der Waals surface area contributed by atoms with Crippen LogP contribution in [0.1, 0.15) is 50.2 Å². The number of aryl methyl sites for hydroxylation is 1. The van der Waals surface area contributed by atoms with Crippen molar-refractivity contribution >= 4 is 18.3 Å². The number of hydrogen-bond acceptors (Lipinski definition) is 6. The molecule has 2 aliphatic rings. The van der Waals surface area contributed by atoms with E-state index in [1.54, 1.807) is 6.92 Å². The summed E-state index contributed by atoms with van der Waals surface area (Å²) < 4.78 is 10.5. The summed E-state index contributed by atoms with van der Waals surface area (Å²) in [5.74, 6) is 1.18. The summed E-state index contributed by atoms with van der Waals surface area (Å²) >= 11 is 0. The van der Waals surface area contributed by atoms with Crippen molar-refractivity contribution in [3.8, 4) is 0 Å². The number of ether oxygens (including phenoxy) is 1. The van der Waals surface area contributed by atoms with E-state index in [4.69, 9.17) is 9.26 Å². The second-order valence-electron chi connectivity index (χ2n) is 6.26. The minimum atomic E-state index is -0.470. The molecule has 1 aromatic rings. The molecule has 7 nitrogen and oxygen atoms in total. The van der Waals surface area contributed by atoms with E-state index in [-0.39, 0.29) is 24.4 Å². The molecule has 130 valence electrons. The van der Waals surface area contributed by atoms with Crippen molar-refractivity contribution in [2.24, 2.45) is 0 Å². The number of halogens is 1. The largest absolute Gasteiger partial charge is 0.378 e. The molecule has 1 amide bonds. The Hall–Kier alpha value is -1.18. The normalized spacial score (nSPS) is 23.8. The van der Waals surface area contributed by atoms with E-state index in [9.17, 15) is 4.79 Å². The van der Waals surface area contributed by atoms with Crippen molar-refractivity contribution in [3.63, 3.8) is 0 Å². The third kappa shape index (κ3) is 4.43. The molecule has 1 saturated heterocycles. The minimum Gasteiger partial charge on any atom is -0.378 e. The van der Waals surface area contributed by atoms with Gasteiger partial charge in [0.2, 0.25) is 11.8 Å². The summed E-state index contributed by atoms with van der Waals surface area (Å²) in [7, 11) is 0. The average molecular weight is 345 g/mol. The number of nitrogens with zero attached hydrogens (tertiary/aromatic N) is 2. The molecule has 8 heteroatoms. The fourth-order valence-corrected chi connectivity index (χ4v) is 3.35. The Balaban J connectivity index is 0.00000192. The van der Waals surface area contributed by atoms with Gasteiger partial charge in [-0.25, -0.2) is 0 Å². The first-order valence-electron chi connectivity index (χ1n) is 8.11. The maximum atomic E-state index is 12.5. The molecule has 2 N–H and O–H groups in total. The van der Waals surface area contributed by atoms with Crippen LogP contribution in [0.4, 0.5) is 0 Å². The summed E-state index contributed by atoms with van der Waals surface area (Å²) in [4.78, 5) is 16.8. The minimum absolute atomic E-state index is 0. The van der Waals surface area contributed by atoms with Gasteiger partial charge in [0.05, 0.1) is 13.2 Å². The van der Waals surface area contributed by atoms with Crippen molar-refractivity contribution in [1.82, 2.24) is 20.8 Å². The van der Waals surface area contributed by atoms with Crippen LogP contribution in [0.5, 0.6) is 0 Å². The van der Waals surface area contributed by atoms with Gasteiger partial charge in [0.25, 0.3) is 0 Å². The molecule has 23 heavy (non-hydrogen) atoms. The number of rotatable bonds is 4. The highest BCUT2D eigenvalue weighted by Crippen LogP contribution is 2.35. The molecule has 0 aromatic carbocycles. The lowest BCUT2D eigenvalue weighted by Crippen LogP contribution is -2.51. The van der Waals surface area contributed by atoms with Crippen molar-refractivity contribution in [1.29, 1.82) is 0 Å². The zero-order chi connectivity index (χ0) is 15.4. The van der Waals surface area contributed by atoms with E-state index >= 15 is 0 Å². The maximum Gasteiger partial charge on any atom is 0.223 e. The molecule has 1 atom stereocenters. The number of morpholine rings is 1. The SMILES string of the molecule is Cc1nc(C2(NC(=O)CC3COCCN3)CCCCC2)no1.Cl. The monoisotopic (exact) mass is 344 g/mol. The Morgan fingerprint density at radius 1 is 1.39 bits per heavy atom. The van der Waals surface area contributed by atoms with E-state index in [1.807, 2.05) is 0 Å². The Morgan fingerprint density at radius 2 is 2.17 bits per heavy atom. The second-order valence-corrected chi connectivity index (χ2v) is 6.26. The number of carbonyl (C=O) groups is 1. The van der Waals surface area contributed by atoms with Crippen LogP contribution in [0.25, 0.3) is 0 Å². The fraction of sp³-hybridized carbons (Fsp3) is 0.800. The van der Waals surface area contributed by atoms with Gasteiger partial charge in [-0.1, -0.05) is 24.4 Å². The van der Waals surface area contributed by atoms with Gasteiger partial charge in [0, 0.05) is 25.9 Å². The van der Waals surface area contributed by atoms with Gasteiger partial charge in [0.15, 0.2) is 5.82 Å². The van der Waals surface area contributed by atoms with Gasteiger partial charge in [0.1, 0.15) is 5.54 Å². The first-order valence-corrected chi connectivity index (χ1v) is 8.11. The van der Waals surface area contributed by atoms with Crippen LogP contribution in [-0.4, -0.2) is 41.8 Å². The molecule has 1 unspecified atom stereocenters. The van der Waals surface area contributed by atoms with Crippen LogP contribution < -0.4 is 10.6 Å². The second kappa shape index (κ2) is 8.08. The Kier molecular flexibility index (Phi) is 6.38. The van der Waals surface area contributed by atoms with Gasteiger partial charge >= 0.3 is 0 Å². The first-order chi connectivity index (χ1) is 10.7. The lowest BCUT2D eigenvalue weighted by molar-refractivity contribution is -0.125. The van der Waals surface area contributed by atoms with E-state index < -0.39 is 5.54 Å². The van der Waals surface area contributed by atoms with Crippen molar-refractivity contribution < 1.29 is 14.1 Å². The van der Waals surface area contributed by atoms with E-state index in [2.05, 4.69) is 20.8 Å². The summed E-state index contributed by atoms with van der Waals surface area (Å²) in [6.07, 6.45) is 5.47. The standard InChI is InChI=1S/C15H24N4O3.ClH/c1-11-17-14(19-22-11)15(5-3-2-4-6-15)18-13(20)9-12-10-21-8-7-16-12;/h12,16H,2-10H2,1H3,(H,18,20);1H. The molecular formula is C15H25ClN4O3. The van der Waals surface area contributed by atoms with Gasteiger partial charge in [-0.3, -0.25) is 4.79 Å². The van der Waals surface area contributed by atoms with Crippen LogP contribution in [0.3, 0.4) is 0 Å². The lowest BCUT2D eigenvalue weighted by Gasteiger charge is -2.36. The molecular weight excluding hydrogens is 320 g/mol. The van der Waals surface area contributed by atoms with Crippen molar-refractivity contribution in [3.05, 3.63) is 11.7 Å². The number of nitrogens with one attached hydrogen (secondary N) is 2. The Labute approximate surface area is 142 Å². The summed E-state index contributed by atoms with van der Waals surface area (Å²) in [6, 6.07) is 0.0846. The highest BCUT2D eigenvalue weighted by Gasteiger charge is 2.39. The molecule has 2 fully saturated rings. The zero-order valence-electron chi connectivity index (χ0n) is 13.5. The van der Waals surface area contributed by atoms with E-state index in [0.29, 0.717) is 31.3 Å². The predicted octanol–water partition coefficient (Wildman–Crippen LogP) is 1.45. The van der Waals surface area contributed by atoms with E-state index in [0.717, 1.165) is 32.2 Å². The first kappa shape index (κ1) is 18.2. The van der Waals surface area contributed by atoms with Gasteiger partial charge in [-0.05, 0) is 12.8 Å². The lowest BCUT2D eigenvalue weighted by atomic mass is 9.80. The number of carbonyl (C=O) groups excluding carboxylic acids is 1. The van der Waals surface area contributed by atoms with Crippen LogP contribution in [0, 0.1) is 6.92 Å². The summed E-state index contributed by atoms with van der Waals surface area (Å²) in [6.45, 7) is 3.87. The van der Waals surface area contributed by atoms with Crippen molar-refractivity contribution in [2.45, 2.75) is 57.0 Å². The molecule has 1 aromatic heterocycles. The Bertz CT molecular complexity index is 511. The smallest absolute Gasteiger partial charge is 0.223 e. The average Bonchev–Trinajstić information content (AvgIpc) is 2.96. The topological polar surface area (TPSA) is 89.3 Å². The maximum absolute atomic E-state index is 12.5. The Morgan fingerprint density at radius 3 is 2.78 bits per heavy atom. The van der Waals surface area contributed by atoms with Crippen LogP contribution in [-0.2, 0) is 15.1 Å². The van der Waals surface area contributed by atoms with Gasteiger partial charge in [-0.2, -0.15) is 4.98 Å². The number of aromatic nitrogens is 2. The van der Waals surface area contributed by atoms with Crippen LogP contribution in [0.2, 0.25) is 0 Å². The summed E-state index contributed by atoms with van der Waals surface area (Å²) in [5, 5.41) is 10.6. The van der Waals surface area contributed by atoms with Gasteiger partial charge in [-0.15, -0.1) is 12.4 Å². The molecule has 2 heterocycles. The molecule has 0 bridgehead atoms.